The van der Waals surface area contributed by atoms with E-state index in [-0.39, 0.29) is 24.5 Å². The van der Waals surface area contributed by atoms with Gasteiger partial charge in [-0.3, -0.25) is 9.59 Å². The lowest BCUT2D eigenvalue weighted by Crippen LogP contribution is -2.45. The first-order valence-corrected chi connectivity index (χ1v) is 8.91. The molecule has 0 aromatic heterocycles. The SMILES string of the molecule is CCC(CC)CN(CC(=O)OC)C(=O)CC1CSCCN1. The quantitative estimate of drug-likeness (QED) is 0.688. The first kappa shape index (κ1) is 18.3. The highest BCUT2D eigenvalue weighted by atomic mass is 32.2. The number of carbonyl (C=O) groups is 2. The summed E-state index contributed by atoms with van der Waals surface area (Å²) in [5.74, 6) is 2.20. The van der Waals surface area contributed by atoms with Gasteiger partial charge in [0, 0.05) is 37.1 Å². The second kappa shape index (κ2) is 10.1. The highest BCUT2D eigenvalue weighted by Gasteiger charge is 2.24. The van der Waals surface area contributed by atoms with Crippen LogP contribution in [0.15, 0.2) is 0 Å². The van der Waals surface area contributed by atoms with Crippen LogP contribution in [0.25, 0.3) is 0 Å². The van der Waals surface area contributed by atoms with Crippen molar-refractivity contribution in [3.8, 4) is 0 Å². The molecular weight excluding hydrogens is 288 g/mol. The Bertz CT molecular complexity index is 329. The molecule has 0 saturated carbocycles. The summed E-state index contributed by atoms with van der Waals surface area (Å²) in [6.07, 6.45) is 2.49. The monoisotopic (exact) mass is 316 g/mol. The maximum Gasteiger partial charge on any atom is 0.325 e. The maximum atomic E-state index is 12.5. The highest BCUT2D eigenvalue weighted by molar-refractivity contribution is 7.99. The number of nitrogens with zero attached hydrogens (tertiary/aromatic N) is 1. The van der Waals surface area contributed by atoms with Crippen LogP contribution >= 0.6 is 11.8 Å². The van der Waals surface area contributed by atoms with E-state index in [0.29, 0.717) is 18.9 Å². The van der Waals surface area contributed by atoms with Gasteiger partial charge in [-0.05, 0) is 5.92 Å². The Morgan fingerprint density at radius 2 is 2.10 bits per heavy atom. The van der Waals surface area contributed by atoms with Crippen molar-refractivity contribution in [2.45, 2.75) is 39.2 Å². The molecule has 1 saturated heterocycles. The van der Waals surface area contributed by atoms with E-state index in [2.05, 4.69) is 19.2 Å². The van der Waals surface area contributed by atoms with E-state index in [4.69, 9.17) is 4.74 Å². The molecule has 6 heteroatoms. The topological polar surface area (TPSA) is 58.6 Å². The predicted molar refractivity (Wildman–Crippen MR) is 86.4 cm³/mol. The lowest BCUT2D eigenvalue weighted by Gasteiger charge is -2.29. The second-order valence-electron chi connectivity index (χ2n) is 5.46. The Morgan fingerprint density at radius 3 is 2.62 bits per heavy atom. The number of thioether (sulfide) groups is 1. The van der Waals surface area contributed by atoms with Crippen LogP contribution in [0.1, 0.15) is 33.1 Å². The van der Waals surface area contributed by atoms with Gasteiger partial charge < -0.3 is 15.0 Å². The van der Waals surface area contributed by atoms with Crippen LogP contribution in [0.5, 0.6) is 0 Å². The Hall–Kier alpha value is -0.750. The maximum absolute atomic E-state index is 12.5. The minimum Gasteiger partial charge on any atom is -0.468 e. The molecule has 0 aliphatic carbocycles. The van der Waals surface area contributed by atoms with Crippen molar-refractivity contribution < 1.29 is 14.3 Å². The smallest absolute Gasteiger partial charge is 0.325 e. The van der Waals surface area contributed by atoms with Crippen molar-refractivity contribution in [1.29, 1.82) is 0 Å². The lowest BCUT2D eigenvalue weighted by atomic mass is 10.0. The molecular formula is C15H28N2O3S. The van der Waals surface area contributed by atoms with Gasteiger partial charge in [-0.25, -0.2) is 0 Å². The summed E-state index contributed by atoms with van der Waals surface area (Å²) in [6, 6.07) is 0.220. The van der Waals surface area contributed by atoms with Gasteiger partial charge in [0.2, 0.25) is 5.91 Å². The van der Waals surface area contributed by atoms with Crippen molar-refractivity contribution >= 4 is 23.6 Å². The van der Waals surface area contributed by atoms with Crippen molar-refractivity contribution in [3.05, 3.63) is 0 Å². The second-order valence-corrected chi connectivity index (χ2v) is 6.61. The van der Waals surface area contributed by atoms with Crippen molar-refractivity contribution in [2.75, 3.05) is 38.2 Å². The normalized spacial score (nSPS) is 18.6. The fourth-order valence-electron chi connectivity index (χ4n) is 2.42. The summed E-state index contributed by atoms with van der Waals surface area (Å²) >= 11 is 1.87. The zero-order chi connectivity index (χ0) is 15.7. The minimum atomic E-state index is -0.347. The molecule has 122 valence electrons. The first-order valence-electron chi connectivity index (χ1n) is 7.76. The number of nitrogens with one attached hydrogen (secondary N) is 1. The van der Waals surface area contributed by atoms with Crippen LogP contribution in [0.4, 0.5) is 0 Å². The molecule has 5 nitrogen and oxygen atoms in total. The molecule has 1 amide bonds. The van der Waals surface area contributed by atoms with Crippen LogP contribution in [-0.2, 0) is 14.3 Å². The van der Waals surface area contributed by atoms with Crippen LogP contribution < -0.4 is 5.32 Å². The third-order valence-corrected chi connectivity index (χ3v) is 5.08. The van der Waals surface area contributed by atoms with Gasteiger partial charge in [0.15, 0.2) is 0 Å². The van der Waals surface area contributed by atoms with Gasteiger partial charge in [-0.2, -0.15) is 11.8 Å². The molecule has 0 aromatic rings. The van der Waals surface area contributed by atoms with Gasteiger partial charge in [0.1, 0.15) is 6.54 Å². The van der Waals surface area contributed by atoms with Gasteiger partial charge in [0.05, 0.1) is 7.11 Å². The number of ether oxygens (including phenoxy) is 1. The summed E-state index contributed by atoms with van der Waals surface area (Å²) in [4.78, 5) is 25.7. The van der Waals surface area contributed by atoms with Gasteiger partial charge >= 0.3 is 5.97 Å². The molecule has 1 unspecified atom stereocenters. The number of methoxy groups -OCH3 is 1. The Morgan fingerprint density at radius 1 is 1.38 bits per heavy atom. The van der Waals surface area contributed by atoms with E-state index in [9.17, 15) is 9.59 Å². The Labute approximate surface area is 132 Å². The van der Waals surface area contributed by atoms with Crippen LogP contribution in [-0.4, -0.2) is 61.1 Å². The highest BCUT2D eigenvalue weighted by Crippen LogP contribution is 2.14. The summed E-state index contributed by atoms with van der Waals surface area (Å²) in [5, 5.41) is 3.37. The van der Waals surface area contributed by atoms with E-state index in [1.54, 1.807) is 4.90 Å². The van der Waals surface area contributed by atoms with Crippen LogP contribution in [0.3, 0.4) is 0 Å². The molecule has 0 spiro atoms. The molecule has 1 heterocycles. The number of hydrogen-bond acceptors (Lipinski definition) is 5. The molecule has 1 N–H and O–H groups in total. The molecule has 0 radical (unpaired) electrons. The lowest BCUT2D eigenvalue weighted by molar-refractivity contribution is -0.147. The molecule has 1 rings (SSSR count). The van der Waals surface area contributed by atoms with Gasteiger partial charge in [-0.1, -0.05) is 26.7 Å². The van der Waals surface area contributed by atoms with Gasteiger partial charge in [-0.15, -0.1) is 0 Å². The molecule has 1 atom stereocenters. The minimum absolute atomic E-state index is 0.0484. The molecule has 0 bridgehead atoms. The van der Waals surface area contributed by atoms with Crippen LogP contribution in [0, 0.1) is 5.92 Å². The van der Waals surface area contributed by atoms with E-state index < -0.39 is 0 Å². The van der Waals surface area contributed by atoms with E-state index in [0.717, 1.165) is 30.9 Å². The third kappa shape index (κ3) is 6.70. The van der Waals surface area contributed by atoms with Gasteiger partial charge in [0.25, 0.3) is 0 Å². The fourth-order valence-corrected chi connectivity index (χ4v) is 3.37. The summed E-state index contributed by atoms with van der Waals surface area (Å²) in [5.41, 5.74) is 0. The average Bonchev–Trinajstić information content (AvgIpc) is 2.51. The number of amides is 1. The van der Waals surface area contributed by atoms with Crippen molar-refractivity contribution in [1.82, 2.24) is 10.2 Å². The zero-order valence-corrected chi connectivity index (χ0v) is 14.2. The number of esters is 1. The van der Waals surface area contributed by atoms with Crippen molar-refractivity contribution in [3.63, 3.8) is 0 Å². The molecule has 1 aliphatic rings. The largest absolute Gasteiger partial charge is 0.468 e. The molecule has 1 fully saturated rings. The average molecular weight is 316 g/mol. The van der Waals surface area contributed by atoms with E-state index in [1.165, 1.54) is 7.11 Å². The number of hydrogen-bond donors (Lipinski definition) is 1. The molecule has 1 aliphatic heterocycles. The van der Waals surface area contributed by atoms with Crippen LogP contribution in [0.2, 0.25) is 0 Å². The summed E-state index contributed by atoms with van der Waals surface area (Å²) < 4.78 is 4.72. The number of carbonyl (C=O) groups excluding carboxylic acids is 2. The third-order valence-electron chi connectivity index (χ3n) is 3.95. The molecule has 0 aromatic carbocycles. The number of rotatable bonds is 8. The predicted octanol–water partition coefficient (Wildman–Crippen LogP) is 1.52. The fraction of sp³-hybridized carbons (Fsp3) is 0.867. The van der Waals surface area contributed by atoms with E-state index >= 15 is 0 Å². The zero-order valence-electron chi connectivity index (χ0n) is 13.4. The molecule has 21 heavy (non-hydrogen) atoms. The summed E-state index contributed by atoms with van der Waals surface area (Å²) in [7, 11) is 1.36. The summed E-state index contributed by atoms with van der Waals surface area (Å²) in [6.45, 7) is 5.89. The Balaban J connectivity index is 2.59. The van der Waals surface area contributed by atoms with Crippen molar-refractivity contribution in [2.24, 2.45) is 5.92 Å². The first-order chi connectivity index (χ1) is 10.1. The standard InChI is InChI=1S/C15H28N2O3S/c1-4-12(5-2)9-17(10-15(19)20-3)14(18)8-13-11-21-7-6-16-13/h12-13,16H,4-11H2,1-3H3. The Kier molecular flexibility index (Phi) is 8.76. The van der Waals surface area contributed by atoms with E-state index in [1.807, 2.05) is 11.8 Å².